The van der Waals surface area contributed by atoms with Crippen LogP contribution >= 0.6 is 0 Å². The molecule has 0 aliphatic carbocycles. The Bertz CT molecular complexity index is 119. The van der Waals surface area contributed by atoms with E-state index in [1.807, 2.05) is 0 Å². The van der Waals surface area contributed by atoms with E-state index in [2.05, 4.69) is 5.32 Å². The first kappa shape index (κ1) is 7.69. The zero-order valence-corrected chi connectivity index (χ0v) is 6.22. The van der Waals surface area contributed by atoms with E-state index in [9.17, 15) is 4.79 Å². The topological polar surface area (TPSA) is 38.3 Å². The summed E-state index contributed by atoms with van der Waals surface area (Å²) in [5.41, 5.74) is -0.530. The van der Waals surface area contributed by atoms with Crippen molar-refractivity contribution in [1.82, 2.24) is 5.32 Å². The van der Waals surface area contributed by atoms with Gasteiger partial charge in [0.15, 0.2) is 6.29 Å². The van der Waals surface area contributed by atoms with E-state index in [0.29, 0.717) is 6.54 Å². The van der Waals surface area contributed by atoms with Crippen LogP contribution in [0.1, 0.15) is 12.8 Å². The number of rotatable bonds is 2. The molecule has 1 heterocycles. The number of carbonyl (C=O) groups is 1. The Morgan fingerprint density at radius 1 is 1.70 bits per heavy atom. The van der Waals surface area contributed by atoms with Crippen molar-refractivity contribution in [2.45, 2.75) is 18.4 Å². The van der Waals surface area contributed by atoms with Gasteiger partial charge in [0.2, 0.25) is 0 Å². The van der Waals surface area contributed by atoms with Gasteiger partial charge in [-0.1, -0.05) is 0 Å². The van der Waals surface area contributed by atoms with Crippen molar-refractivity contribution in [3.05, 3.63) is 0 Å². The normalized spacial score (nSPS) is 33.7. The molecule has 1 fully saturated rings. The third kappa shape index (κ3) is 1.36. The van der Waals surface area contributed by atoms with Crippen LogP contribution in [-0.2, 0) is 9.53 Å². The molecule has 0 aromatic heterocycles. The standard InChI is InChI=1S/C7H13NO2/c1-10-7(6-9)3-2-4-8-5-7/h6,8H,2-5H2,1H3. The molecule has 3 nitrogen and oxygen atoms in total. The van der Waals surface area contributed by atoms with E-state index >= 15 is 0 Å². The zero-order chi connectivity index (χ0) is 7.45. The Hall–Kier alpha value is -0.410. The molecule has 0 bridgehead atoms. The Labute approximate surface area is 60.7 Å². The largest absolute Gasteiger partial charge is 0.369 e. The summed E-state index contributed by atoms with van der Waals surface area (Å²) in [6.07, 6.45) is 2.77. The molecule has 0 saturated carbocycles. The van der Waals surface area contributed by atoms with E-state index in [0.717, 1.165) is 25.7 Å². The summed E-state index contributed by atoms with van der Waals surface area (Å²) in [6.45, 7) is 1.66. The van der Waals surface area contributed by atoms with Crippen molar-refractivity contribution in [3.63, 3.8) is 0 Å². The summed E-state index contributed by atoms with van der Waals surface area (Å²) in [4.78, 5) is 10.5. The fourth-order valence-electron chi connectivity index (χ4n) is 1.22. The molecular formula is C7H13NO2. The molecular weight excluding hydrogens is 130 g/mol. The minimum Gasteiger partial charge on any atom is -0.369 e. The third-order valence-corrected chi connectivity index (χ3v) is 2.00. The predicted octanol–water partition coefficient (Wildman–Crippen LogP) is -0.0461. The van der Waals surface area contributed by atoms with Crippen LogP contribution in [0.4, 0.5) is 0 Å². The van der Waals surface area contributed by atoms with E-state index in [1.54, 1.807) is 7.11 Å². The first-order valence-electron chi connectivity index (χ1n) is 3.55. The molecule has 58 valence electrons. The van der Waals surface area contributed by atoms with E-state index in [1.165, 1.54) is 0 Å². The molecule has 1 aliphatic rings. The van der Waals surface area contributed by atoms with Crippen LogP contribution in [0, 0.1) is 0 Å². The van der Waals surface area contributed by atoms with Gasteiger partial charge in [0.1, 0.15) is 5.60 Å². The first-order chi connectivity index (χ1) is 4.83. The number of aldehydes is 1. The minimum absolute atomic E-state index is 0.530. The van der Waals surface area contributed by atoms with Gasteiger partial charge in [-0.2, -0.15) is 0 Å². The van der Waals surface area contributed by atoms with Crippen molar-refractivity contribution >= 4 is 6.29 Å². The Balaban J connectivity index is 2.52. The van der Waals surface area contributed by atoms with Crippen LogP contribution in [0.25, 0.3) is 0 Å². The molecule has 0 spiro atoms. The number of carbonyl (C=O) groups excluding carboxylic acids is 1. The lowest BCUT2D eigenvalue weighted by Crippen LogP contribution is -2.48. The van der Waals surface area contributed by atoms with Gasteiger partial charge >= 0.3 is 0 Å². The van der Waals surface area contributed by atoms with Gasteiger partial charge in [0.25, 0.3) is 0 Å². The molecule has 10 heavy (non-hydrogen) atoms. The van der Waals surface area contributed by atoms with Crippen molar-refractivity contribution in [2.75, 3.05) is 20.2 Å². The lowest BCUT2D eigenvalue weighted by molar-refractivity contribution is -0.129. The van der Waals surface area contributed by atoms with Gasteiger partial charge in [-0.05, 0) is 19.4 Å². The van der Waals surface area contributed by atoms with Gasteiger partial charge in [-0.3, -0.25) is 0 Å². The average Bonchev–Trinajstić information content (AvgIpc) is 2.06. The summed E-state index contributed by atoms with van der Waals surface area (Å²) in [5, 5.41) is 3.12. The SMILES string of the molecule is COC1(C=O)CCCNC1. The van der Waals surface area contributed by atoms with Gasteiger partial charge in [-0.15, -0.1) is 0 Å². The van der Waals surface area contributed by atoms with Crippen molar-refractivity contribution < 1.29 is 9.53 Å². The second kappa shape index (κ2) is 3.12. The second-order valence-electron chi connectivity index (χ2n) is 2.67. The summed E-state index contributed by atoms with van der Waals surface area (Å²) in [6, 6.07) is 0. The van der Waals surface area contributed by atoms with E-state index < -0.39 is 5.60 Å². The molecule has 1 rings (SSSR count). The molecule has 0 amide bonds. The third-order valence-electron chi connectivity index (χ3n) is 2.00. The van der Waals surface area contributed by atoms with Crippen molar-refractivity contribution in [1.29, 1.82) is 0 Å². The first-order valence-corrected chi connectivity index (χ1v) is 3.55. The number of ether oxygens (including phenoxy) is 1. The summed E-state index contributed by atoms with van der Waals surface area (Å²) in [5.74, 6) is 0. The van der Waals surface area contributed by atoms with Crippen molar-refractivity contribution in [3.8, 4) is 0 Å². The molecule has 0 aromatic carbocycles. The highest BCUT2D eigenvalue weighted by Crippen LogP contribution is 2.16. The maximum absolute atomic E-state index is 10.5. The molecule has 1 unspecified atom stereocenters. The molecule has 1 N–H and O–H groups in total. The Kier molecular flexibility index (Phi) is 2.40. The molecule has 1 aliphatic heterocycles. The van der Waals surface area contributed by atoms with Crippen LogP contribution in [-0.4, -0.2) is 32.1 Å². The van der Waals surface area contributed by atoms with Crippen LogP contribution in [0.2, 0.25) is 0 Å². The van der Waals surface area contributed by atoms with Crippen LogP contribution < -0.4 is 5.32 Å². The quantitative estimate of drug-likeness (QED) is 0.551. The van der Waals surface area contributed by atoms with Crippen LogP contribution in [0.3, 0.4) is 0 Å². The summed E-state index contributed by atoms with van der Waals surface area (Å²) in [7, 11) is 1.58. The monoisotopic (exact) mass is 143 g/mol. The van der Waals surface area contributed by atoms with Gasteiger partial charge in [-0.25, -0.2) is 0 Å². The van der Waals surface area contributed by atoms with E-state index in [4.69, 9.17) is 4.74 Å². The molecule has 0 radical (unpaired) electrons. The number of methoxy groups -OCH3 is 1. The minimum atomic E-state index is -0.530. The second-order valence-corrected chi connectivity index (χ2v) is 2.67. The highest BCUT2D eigenvalue weighted by Gasteiger charge is 2.30. The van der Waals surface area contributed by atoms with Gasteiger partial charge in [0, 0.05) is 13.7 Å². The average molecular weight is 143 g/mol. The number of hydrogen-bond donors (Lipinski definition) is 1. The van der Waals surface area contributed by atoms with Gasteiger partial charge in [0.05, 0.1) is 0 Å². The lowest BCUT2D eigenvalue weighted by Gasteiger charge is -2.30. The maximum atomic E-state index is 10.5. The lowest BCUT2D eigenvalue weighted by atomic mass is 9.96. The summed E-state index contributed by atoms with van der Waals surface area (Å²) < 4.78 is 5.10. The van der Waals surface area contributed by atoms with Crippen LogP contribution in [0.5, 0.6) is 0 Å². The number of nitrogens with one attached hydrogen (secondary N) is 1. The highest BCUT2D eigenvalue weighted by atomic mass is 16.5. The summed E-state index contributed by atoms with van der Waals surface area (Å²) >= 11 is 0. The predicted molar refractivity (Wildman–Crippen MR) is 37.9 cm³/mol. The zero-order valence-electron chi connectivity index (χ0n) is 6.22. The van der Waals surface area contributed by atoms with Crippen molar-refractivity contribution in [2.24, 2.45) is 0 Å². The maximum Gasteiger partial charge on any atom is 0.153 e. The molecule has 3 heteroatoms. The molecule has 0 aromatic rings. The number of piperidine rings is 1. The molecule has 1 saturated heterocycles. The highest BCUT2D eigenvalue weighted by molar-refractivity contribution is 5.63. The number of hydrogen-bond acceptors (Lipinski definition) is 3. The smallest absolute Gasteiger partial charge is 0.153 e. The Morgan fingerprint density at radius 3 is 2.80 bits per heavy atom. The molecule has 1 atom stereocenters. The van der Waals surface area contributed by atoms with Gasteiger partial charge < -0.3 is 14.8 Å². The van der Waals surface area contributed by atoms with E-state index in [-0.39, 0.29) is 0 Å². The fraction of sp³-hybridized carbons (Fsp3) is 0.857. The fourth-order valence-corrected chi connectivity index (χ4v) is 1.22. The van der Waals surface area contributed by atoms with Crippen LogP contribution in [0.15, 0.2) is 0 Å². The Morgan fingerprint density at radius 2 is 2.50 bits per heavy atom.